The first-order chi connectivity index (χ1) is 10.5. The molecule has 0 aromatic carbocycles. The van der Waals surface area contributed by atoms with Crippen LogP contribution in [0.25, 0.3) is 0 Å². The topological polar surface area (TPSA) is 73.2 Å². The van der Waals surface area contributed by atoms with Gasteiger partial charge in [-0.1, -0.05) is 6.07 Å². The van der Waals surface area contributed by atoms with Gasteiger partial charge in [0.1, 0.15) is 5.56 Å². The van der Waals surface area contributed by atoms with Crippen LogP contribution in [0.15, 0.2) is 41.5 Å². The summed E-state index contributed by atoms with van der Waals surface area (Å²) in [6.07, 6.45) is 3.18. The number of carbonyl (C=O) groups excluding carboxylic acids is 1. The van der Waals surface area contributed by atoms with Gasteiger partial charge in [0.15, 0.2) is 5.43 Å². The van der Waals surface area contributed by atoms with Gasteiger partial charge in [-0.3, -0.25) is 14.6 Å². The summed E-state index contributed by atoms with van der Waals surface area (Å²) in [6, 6.07) is 6.47. The number of hydrogen-bond donors (Lipinski definition) is 1. The van der Waals surface area contributed by atoms with Crippen molar-refractivity contribution in [3.05, 3.63) is 63.8 Å². The molecule has 22 heavy (non-hydrogen) atoms. The third-order valence-electron chi connectivity index (χ3n) is 3.41. The van der Waals surface area contributed by atoms with Crippen molar-refractivity contribution in [3.8, 4) is 0 Å². The number of rotatable bonds is 5. The van der Waals surface area contributed by atoms with Gasteiger partial charge in [-0.2, -0.15) is 0 Å². The number of amides is 1. The summed E-state index contributed by atoms with van der Waals surface area (Å²) in [7, 11) is 3.34. The highest BCUT2D eigenvalue weighted by molar-refractivity contribution is 5.94. The zero-order valence-electron chi connectivity index (χ0n) is 12.9. The summed E-state index contributed by atoms with van der Waals surface area (Å²) >= 11 is 0. The molecule has 6 heteroatoms. The van der Waals surface area contributed by atoms with Crippen LogP contribution in [0.3, 0.4) is 0 Å². The van der Waals surface area contributed by atoms with Crippen molar-refractivity contribution in [3.63, 3.8) is 0 Å². The molecule has 0 aliphatic rings. The quantitative estimate of drug-likeness (QED) is 0.901. The molecule has 6 nitrogen and oxygen atoms in total. The fraction of sp³-hybridized carbons (Fsp3) is 0.312. The van der Waals surface area contributed by atoms with E-state index in [1.54, 1.807) is 37.1 Å². The normalized spacial score (nSPS) is 12.0. The molecule has 1 atom stereocenters. The zero-order chi connectivity index (χ0) is 16.1. The van der Waals surface area contributed by atoms with Gasteiger partial charge >= 0.3 is 0 Å². The maximum Gasteiger partial charge on any atom is 0.257 e. The van der Waals surface area contributed by atoms with Gasteiger partial charge in [-0.25, -0.2) is 0 Å². The number of hydrogen-bond acceptors (Lipinski definition) is 4. The van der Waals surface area contributed by atoms with E-state index in [0.29, 0.717) is 5.69 Å². The number of aryl methyl sites for hydroxylation is 2. The van der Waals surface area contributed by atoms with Crippen LogP contribution in [0.1, 0.15) is 27.8 Å². The van der Waals surface area contributed by atoms with Gasteiger partial charge in [0, 0.05) is 38.3 Å². The second-order valence-electron chi connectivity index (χ2n) is 5.04. The molecule has 0 bridgehead atoms. The van der Waals surface area contributed by atoms with Gasteiger partial charge in [0.05, 0.1) is 18.3 Å². The molecule has 1 N–H and O–H groups in total. The predicted molar refractivity (Wildman–Crippen MR) is 82.7 cm³/mol. The van der Waals surface area contributed by atoms with Crippen molar-refractivity contribution in [1.82, 2.24) is 14.9 Å². The number of pyridine rings is 2. The summed E-state index contributed by atoms with van der Waals surface area (Å²) in [4.78, 5) is 28.6. The lowest BCUT2D eigenvalue weighted by Gasteiger charge is -2.17. The summed E-state index contributed by atoms with van der Waals surface area (Å²) in [5.41, 5.74) is 1.27. The molecule has 0 aliphatic heterocycles. The maximum atomic E-state index is 12.4. The average molecular weight is 301 g/mol. The van der Waals surface area contributed by atoms with E-state index in [1.165, 1.54) is 12.3 Å². The zero-order valence-corrected chi connectivity index (χ0v) is 12.9. The number of aromatic nitrogens is 2. The highest BCUT2D eigenvalue weighted by atomic mass is 16.5. The van der Waals surface area contributed by atoms with Gasteiger partial charge in [-0.15, -0.1) is 0 Å². The maximum absolute atomic E-state index is 12.4. The molecule has 0 saturated carbocycles. The molecule has 2 aromatic rings. The largest absolute Gasteiger partial charge is 0.382 e. The number of methoxy groups -OCH3 is 1. The fourth-order valence-electron chi connectivity index (χ4n) is 2.08. The van der Waals surface area contributed by atoms with E-state index < -0.39 is 11.9 Å². The van der Waals surface area contributed by atoms with Crippen molar-refractivity contribution in [2.24, 2.45) is 7.05 Å². The lowest BCUT2D eigenvalue weighted by molar-refractivity contribution is 0.0892. The van der Waals surface area contributed by atoms with Crippen LogP contribution in [0.5, 0.6) is 0 Å². The Hall–Kier alpha value is -2.47. The third-order valence-corrected chi connectivity index (χ3v) is 3.41. The molecule has 0 aliphatic carbocycles. The van der Waals surface area contributed by atoms with Gasteiger partial charge in [0.25, 0.3) is 5.91 Å². The lowest BCUT2D eigenvalue weighted by atomic mass is 10.1. The molecular weight excluding hydrogens is 282 g/mol. The van der Waals surface area contributed by atoms with E-state index >= 15 is 0 Å². The van der Waals surface area contributed by atoms with E-state index in [0.717, 1.165) is 5.69 Å². The van der Waals surface area contributed by atoms with Crippen molar-refractivity contribution in [1.29, 1.82) is 0 Å². The number of nitrogens with zero attached hydrogens (tertiary/aromatic N) is 2. The number of ether oxygens (including phenoxy) is 1. The Bertz CT molecular complexity index is 710. The van der Waals surface area contributed by atoms with Crippen molar-refractivity contribution in [2.75, 3.05) is 13.7 Å². The van der Waals surface area contributed by atoms with Gasteiger partial charge < -0.3 is 14.6 Å². The average Bonchev–Trinajstić information content (AvgIpc) is 2.51. The highest BCUT2D eigenvalue weighted by Gasteiger charge is 2.19. The third kappa shape index (κ3) is 3.59. The number of carbonyl (C=O) groups is 1. The summed E-state index contributed by atoms with van der Waals surface area (Å²) in [5.74, 6) is -0.437. The lowest BCUT2D eigenvalue weighted by Crippen LogP contribution is -2.35. The van der Waals surface area contributed by atoms with E-state index in [4.69, 9.17) is 4.74 Å². The molecule has 1 unspecified atom stereocenters. The van der Waals surface area contributed by atoms with Gasteiger partial charge in [0.2, 0.25) is 0 Å². The molecule has 2 rings (SSSR count). The Morgan fingerprint density at radius 2 is 2.23 bits per heavy atom. The molecule has 2 heterocycles. The van der Waals surface area contributed by atoms with E-state index in [2.05, 4.69) is 10.3 Å². The van der Waals surface area contributed by atoms with E-state index in [9.17, 15) is 9.59 Å². The fourth-order valence-corrected chi connectivity index (χ4v) is 2.08. The summed E-state index contributed by atoms with van der Waals surface area (Å²) < 4.78 is 6.87. The second kappa shape index (κ2) is 7.00. The van der Waals surface area contributed by atoms with Crippen molar-refractivity contribution in [2.45, 2.75) is 13.0 Å². The Balaban J connectivity index is 2.26. The minimum Gasteiger partial charge on any atom is -0.382 e. The molecule has 0 radical (unpaired) electrons. The SMILES string of the molecule is COCC(NC(=O)c1cn(C)c(C)cc1=O)c1ccccn1. The summed E-state index contributed by atoms with van der Waals surface area (Å²) in [6.45, 7) is 2.08. The van der Waals surface area contributed by atoms with Crippen LogP contribution >= 0.6 is 0 Å². The minimum absolute atomic E-state index is 0.102. The minimum atomic E-state index is -0.437. The van der Waals surface area contributed by atoms with Crippen LogP contribution in [-0.4, -0.2) is 29.2 Å². The van der Waals surface area contributed by atoms with Crippen LogP contribution in [-0.2, 0) is 11.8 Å². The molecule has 2 aromatic heterocycles. The monoisotopic (exact) mass is 301 g/mol. The van der Waals surface area contributed by atoms with Crippen LogP contribution in [0.4, 0.5) is 0 Å². The van der Waals surface area contributed by atoms with Crippen molar-refractivity contribution >= 4 is 5.91 Å². The Labute approximate surface area is 128 Å². The predicted octanol–water partition coefficient (Wildman–Crippen LogP) is 1.21. The number of nitrogens with one attached hydrogen (secondary N) is 1. The summed E-state index contributed by atoms with van der Waals surface area (Å²) in [5, 5.41) is 2.80. The first-order valence-corrected chi connectivity index (χ1v) is 6.91. The van der Waals surface area contributed by atoms with Crippen molar-refractivity contribution < 1.29 is 9.53 Å². The standard InChI is InChI=1S/C16H19N3O3/c1-11-8-15(20)12(9-19(11)2)16(21)18-14(10-22-3)13-6-4-5-7-17-13/h4-9,14H,10H2,1-3H3,(H,18,21). The Morgan fingerprint density at radius 1 is 1.45 bits per heavy atom. The van der Waals surface area contributed by atoms with Crippen LogP contribution in [0, 0.1) is 6.92 Å². The highest BCUT2D eigenvalue weighted by Crippen LogP contribution is 2.10. The molecule has 0 fully saturated rings. The Kier molecular flexibility index (Phi) is 5.06. The molecule has 1 amide bonds. The van der Waals surface area contributed by atoms with E-state index in [-0.39, 0.29) is 17.6 Å². The Morgan fingerprint density at radius 3 is 2.86 bits per heavy atom. The molecule has 0 saturated heterocycles. The first kappa shape index (κ1) is 15.9. The second-order valence-corrected chi connectivity index (χ2v) is 5.04. The molecule has 116 valence electrons. The van der Waals surface area contributed by atoms with Crippen LogP contribution < -0.4 is 10.7 Å². The van der Waals surface area contributed by atoms with Gasteiger partial charge in [-0.05, 0) is 19.1 Å². The van der Waals surface area contributed by atoms with Crippen LogP contribution in [0.2, 0.25) is 0 Å². The smallest absolute Gasteiger partial charge is 0.257 e. The first-order valence-electron chi connectivity index (χ1n) is 6.91. The van der Waals surface area contributed by atoms with E-state index in [1.807, 2.05) is 13.0 Å². The molecular formula is C16H19N3O3. The molecule has 0 spiro atoms.